The molecule has 0 aliphatic carbocycles. The van der Waals surface area contributed by atoms with Crippen LogP contribution in [0.15, 0.2) is 39.9 Å². The molecule has 2 aromatic rings. The minimum Gasteiger partial charge on any atom is -0.258 e. The molecule has 2 rings (SSSR count). The second kappa shape index (κ2) is 5.92. The van der Waals surface area contributed by atoms with Gasteiger partial charge >= 0.3 is 0 Å². The van der Waals surface area contributed by atoms with E-state index in [9.17, 15) is 18.5 Å². The summed E-state index contributed by atoms with van der Waals surface area (Å²) in [5, 5.41) is 14.5. The Hall–Kier alpha value is -1.77. The first-order valence-electron chi connectivity index (χ1n) is 6.05. The van der Waals surface area contributed by atoms with E-state index in [1.54, 1.807) is 0 Å². The van der Waals surface area contributed by atoms with Crippen LogP contribution in [0.25, 0.3) is 0 Å². The van der Waals surface area contributed by atoms with Crippen LogP contribution in [0.5, 0.6) is 0 Å². The third-order valence-electron chi connectivity index (χ3n) is 3.06. The average Bonchev–Trinajstić information content (AvgIpc) is 2.90. The van der Waals surface area contributed by atoms with Crippen molar-refractivity contribution in [2.24, 2.45) is 0 Å². The monoisotopic (exact) mass is 326 g/mol. The van der Waals surface area contributed by atoms with Gasteiger partial charge in [-0.05, 0) is 41.4 Å². The van der Waals surface area contributed by atoms with Crippen molar-refractivity contribution in [2.75, 3.05) is 7.05 Å². The van der Waals surface area contributed by atoms with Gasteiger partial charge in [0, 0.05) is 25.2 Å². The van der Waals surface area contributed by atoms with Gasteiger partial charge in [0.15, 0.2) is 0 Å². The van der Waals surface area contributed by atoms with E-state index in [2.05, 4.69) is 0 Å². The first kappa shape index (κ1) is 15.6. The number of benzene rings is 1. The molecule has 0 aliphatic rings. The lowest BCUT2D eigenvalue weighted by molar-refractivity contribution is -0.385. The Balaban J connectivity index is 2.31. The van der Waals surface area contributed by atoms with Gasteiger partial charge in [-0.1, -0.05) is 0 Å². The summed E-state index contributed by atoms with van der Waals surface area (Å²) in [5.41, 5.74) is 1.14. The Labute approximate surface area is 126 Å². The van der Waals surface area contributed by atoms with Crippen molar-refractivity contribution in [3.63, 3.8) is 0 Å². The summed E-state index contributed by atoms with van der Waals surface area (Å²) in [5.74, 6) is 0. The normalized spacial score (nSPS) is 11.8. The van der Waals surface area contributed by atoms with E-state index in [0.29, 0.717) is 5.56 Å². The lowest BCUT2D eigenvalue weighted by Gasteiger charge is -2.16. The van der Waals surface area contributed by atoms with Crippen LogP contribution in [0.3, 0.4) is 0 Å². The van der Waals surface area contributed by atoms with Gasteiger partial charge in [-0.15, -0.1) is 0 Å². The number of sulfonamides is 1. The first-order chi connectivity index (χ1) is 9.82. The molecule has 0 spiro atoms. The van der Waals surface area contributed by atoms with E-state index in [1.807, 2.05) is 16.8 Å². The van der Waals surface area contributed by atoms with Crippen LogP contribution in [0.4, 0.5) is 5.69 Å². The molecular formula is C13H14N2O4S2. The van der Waals surface area contributed by atoms with Crippen LogP contribution >= 0.6 is 11.3 Å². The number of rotatable bonds is 5. The molecular weight excluding hydrogens is 312 g/mol. The maximum absolute atomic E-state index is 12.5. The smallest absolute Gasteiger partial charge is 0.258 e. The van der Waals surface area contributed by atoms with Crippen molar-refractivity contribution in [1.82, 2.24) is 4.31 Å². The number of aryl methyl sites for hydroxylation is 1. The molecule has 0 amide bonds. The van der Waals surface area contributed by atoms with Crippen molar-refractivity contribution in [1.29, 1.82) is 0 Å². The average molecular weight is 326 g/mol. The summed E-state index contributed by atoms with van der Waals surface area (Å²) >= 11 is 1.50. The van der Waals surface area contributed by atoms with Crippen LogP contribution in [0, 0.1) is 17.0 Å². The number of hydrogen-bond acceptors (Lipinski definition) is 5. The maximum Gasteiger partial charge on any atom is 0.272 e. The Morgan fingerprint density at radius 1 is 1.33 bits per heavy atom. The fourth-order valence-electron chi connectivity index (χ4n) is 1.90. The Bertz CT molecular complexity index is 754. The molecule has 0 fully saturated rings. The molecule has 21 heavy (non-hydrogen) atoms. The summed E-state index contributed by atoms with van der Waals surface area (Å²) in [6.07, 6.45) is 0. The molecule has 1 aromatic heterocycles. The third-order valence-corrected chi connectivity index (χ3v) is 5.59. The number of hydrogen-bond donors (Lipinski definition) is 0. The maximum atomic E-state index is 12.5. The fraction of sp³-hybridized carbons (Fsp3) is 0.231. The van der Waals surface area contributed by atoms with Crippen LogP contribution in [0.1, 0.15) is 11.1 Å². The quantitative estimate of drug-likeness (QED) is 0.625. The van der Waals surface area contributed by atoms with Crippen molar-refractivity contribution in [3.05, 3.63) is 56.3 Å². The second-order valence-corrected chi connectivity index (χ2v) is 7.42. The summed E-state index contributed by atoms with van der Waals surface area (Å²) in [6.45, 7) is 1.79. The highest BCUT2D eigenvalue weighted by molar-refractivity contribution is 7.89. The summed E-state index contributed by atoms with van der Waals surface area (Å²) in [6, 6.07) is 5.68. The van der Waals surface area contributed by atoms with Crippen LogP contribution in [0.2, 0.25) is 0 Å². The number of nitro benzene ring substituents is 1. The van der Waals surface area contributed by atoms with Crippen molar-refractivity contribution < 1.29 is 13.3 Å². The number of nitro groups is 1. The SMILES string of the molecule is Cc1cc(S(=O)(=O)N(C)Cc2ccsc2)ccc1[N+](=O)[O-]. The molecule has 1 aromatic carbocycles. The molecule has 8 heteroatoms. The Kier molecular flexibility index (Phi) is 4.40. The molecule has 1 heterocycles. The largest absolute Gasteiger partial charge is 0.272 e. The predicted octanol–water partition coefficient (Wildman–Crippen LogP) is 2.79. The highest BCUT2D eigenvalue weighted by Gasteiger charge is 2.23. The van der Waals surface area contributed by atoms with Crippen molar-refractivity contribution in [2.45, 2.75) is 18.4 Å². The molecule has 0 unspecified atom stereocenters. The predicted molar refractivity (Wildman–Crippen MR) is 80.8 cm³/mol. The highest BCUT2D eigenvalue weighted by atomic mass is 32.2. The van der Waals surface area contributed by atoms with Gasteiger partial charge in [0.25, 0.3) is 5.69 Å². The van der Waals surface area contributed by atoms with E-state index in [4.69, 9.17) is 0 Å². The van der Waals surface area contributed by atoms with Gasteiger partial charge in [0.05, 0.1) is 9.82 Å². The molecule has 0 N–H and O–H groups in total. The molecule has 0 bridgehead atoms. The molecule has 112 valence electrons. The summed E-state index contributed by atoms with van der Waals surface area (Å²) in [7, 11) is -2.17. The molecule has 0 radical (unpaired) electrons. The van der Waals surface area contributed by atoms with E-state index in [0.717, 1.165) is 5.56 Å². The lowest BCUT2D eigenvalue weighted by Crippen LogP contribution is -2.26. The van der Waals surface area contributed by atoms with Gasteiger partial charge in [-0.2, -0.15) is 15.6 Å². The fourth-order valence-corrected chi connectivity index (χ4v) is 3.80. The third kappa shape index (κ3) is 3.29. The summed E-state index contributed by atoms with van der Waals surface area (Å²) in [4.78, 5) is 10.3. The van der Waals surface area contributed by atoms with Gasteiger partial charge in [0.2, 0.25) is 10.0 Å². The minimum atomic E-state index is -3.66. The number of thiophene rings is 1. The summed E-state index contributed by atoms with van der Waals surface area (Å²) < 4.78 is 26.1. The first-order valence-corrected chi connectivity index (χ1v) is 8.43. The topological polar surface area (TPSA) is 80.5 Å². The zero-order chi connectivity index (χ0) is 15.6. The zero-order valence-corrected chi connectivity index (χ0v) is 13.1. The minimum absolute atomic E-state index is 0.0586. The van der Waals surface area contributed by atoms with Gasteiger partial charge in [-0.25, -0.2) is 8.42 Å². The van der Waals surface area contributed by atoms with Gasteiger partial charge < -0.3 is 0 Å². The van der Waals surface area contributed by atoms with Gasteiger partial charge in [-0.3, -0.25) is 10.1 Å². The number of nitrogens with zero attached hydrogens (tertiary/aromatic N) is 2. The second-order valence-electron chi connectivity index (χ2n) is 4.60. The zero-order valence-electron chi connectivity index (χ0n) is 11.5. The highest BCUT2D eigenvalue weighted by Crippen LogP contribution is 2.24. The Morgan fingerprint density at radius 3 is 2.57 bits per heavy atom. The van der Waals surface area contributed by atoms with Crippen LogP contribution in [-0.4, -0.2) is 24.7 Å². The van der Waals surface area contributed by atoms with E-state index in [1.165, 1.54) is 47.8 Å². The van der Waals surface area contributed by atoms with Crippen LogP contribution < -0.4 is 0 Å². The standard InChI is InChI=1S/C13H14N2O4S2/c1-10-7-12(3-4-13(10)15(16)17)21(18,19)14(2)8-11-5-6-20-9-11/h3-7,9H,8H2,1-2H3. The van der Waals surface area contributed by atoms with E-state index < -0.39 is 14.9 Å². The molecule has 0 saturated heterocycles. The molecule has 0 saturated carbocycles. The Morgan fingerprint density at radius 2 is 2.05 bits per heavy atom. The van der Waals surface area contributed by atoms with Crippen molar-refractivity contribution in [3.8, 4) is 0 Å². The van der Waals surface area contributed by atoms with Crippen LogP contribution in [-0.2, 0) is 16.6 Å². The molecule has 0 aliphatic heterocycles. The molecule has 0 atom stereocenters. The van der Waals surface area contributed by atoms with Gasteiger partial charge in [0.1, 0.15) is 0 Å². The van der Waals surface area contributed by atoms with E-state index >= 15 is 0 Å². The van der Waals surface area contributed by atoms with E-state index in [-0.39, 0.29) is 17.1 Å². The lowest BCUT2D eigenvalue weighted by atomic mass is 10.2. The van der Waals surface area contributed by atoms with Crippen molar-refractivity contribution >= 4 is 27.0 Å². The molecule has 6 nitrogen and oxygen atoms in total.